The van der Waals surface area contributed by atoms with Crippen LogP contribution in [-0.2, 0) is 6.54 Å². The monoisotopic (exact) mass is 315 g/mol. The number of amides is 2. The van der Waals surface area contributed by atoms with E-state index in [-0.39, 0.29) is 17.5 Å². The van der Waals surface area contributed by atoms with Crippen molar-refractivity contribution in [1.29, 1.82) is 0 Å². The fraction of sp³-hybridized carbons (Fsp3) is 0.353. The second kappa shape index (κ2) is 8.73. The highest BCUT2D eigenvalue weighted by Gasteiger charge is 2.11. The summed E-state index contributed by atoms with van der Waals surface area (Å²) >= 11 is 0. The van der Waals surface area contributed by atoms with Gasteiger partial charge in [0.1, 0.15) is 11.5 Å². The van der Waals surface area contributed by atoms with Crippen LogP contribution in [0.1, 0.15) is 52.8 Å². The highest BCUT2D eigenvalue weighted by molar-refractivity contribution is 5.98. The Hall–Kier alpha value is -2.63. The van der Waals surface area contributed by atoms with Crippen LogP contribution < -0.4 is 10.6 Å². The minimum atomic E-state index is -0.274. The lowest BCUT2D eigenvalue weighted by Gasteiger charge is -2.06. The summed E-state index contributed by atoms with van der Waals surface area (Å²) in [6, 6.07) is 6.61. The number of pyridine rings is 1. The number of nitrogens with one attached hydrogen (secondary N) is 2. The fourth-order valence-electron chi connectivity index (χ4n) is 2.05. The lowest BCUT2D eigenvalue weighted by Crippen LogP contribution is -2.27. The van der Waals surface area contributed by atoms with Gasteiger partial charge in [-0.2, -0.15) is 0 Å². The quantitative estimate of drug-likeness (QED) is 0.733. The molecular weight excluding hydrogens is 294 g/mol. The Morgan fingerprint density at radius 3 is 2.78 bits per heavy atom. The van der Waals surface area contributed by atoms with E-state index in [0.29, 0.717) is 24.4 Å². The number of rotatable bonds is 8. The first-order valence-corrected chi connectivity index (χ1v) is 7.75. The first kappa shape index (κ1) is 16.7. The molecule has 0 radical (unpaired) electrons. The van der Waals surface area contributed by atoms with E-state index in [1.807, 2.05) is 0 Å². The molecule has 23 heavy (non-hydrogen) atoms. The molecule has 0 fully saturated rings. The van der Waals surface area contributed by atoms with Gasteiger partial charge in [0.05, 0.1) is 12.8 Å². The van der Waals surface area contributed by atoms with E-state index >= 15 is 0 Å². The molecule has 0 unspecified atom stereocenters. The maximum Gasteiger partial charge on any atom is 0.269 e. The zero-order chi connectivity index (χ0) is 16.5. The van der Waals surface area contributed by atoms with Crippen LogP contribution in [0.5, 0.6) is 0 Å². The third-order valence-electron chi connectivity index (χ3n) is 3.32. The number of carbonyl (C=O) groups is 2. The van der Waals surface area contributed by atoms with Gasteiger partial charge in [0.15, 0.2) is 0 Å². The summed E-state index contributed by atoms with van der Waals surface area (Å²) in [7, 11) is 0. The molecule has 0 aromatic carbocycles. The summed E-state index contributed by atoms with van der Waals surface area (Å²) in [5.41, 5.74) is 0.636. The second-order valence-corrected chi connectivity index (χ2v) is 5.15. The Morgan fingerprint density at radius 1 is 1.17 bits per heavy atom. The molecule has 6 nitrogen and oxygen atoms in total. The van der Waals surface area contributed by atoms with Crippen molar-refractivity contribution in [2.75, 3.05) is 6.54 Å². The van der Waals surface area contributed by atoms with Crippen molar-refractivity contribution in [1.82, 2.24) is 15.6 Å². The van der Waals surface area contributed by atoms with Crippen LogP contribution in [0.3, 0.4) is 0 Å². The van der Waals surface area contributed by atoms with E-state index in [9.17, 15) is 9.59 Å². The summed E-state index contributed by atoms with van der Waals surface area (Å²) in [5, 5.41) is 5.54. The van der Waals surface area contributed by atoms with Crippen LogP contribution >= 0.6 is 0 Å². The van der Waals surface area contributed by atoms with Gasteiger partial charge < -0.3 is 15.1 Å². The minimum absolute atomic E-state index is 0.243. The van der Waals surface area contributed by atoms with Crippen LogP contribution in [-0.4, -0.2) is 23.3 Å². The van der Waals surface area contributed by atoms with Gasteiger partial charge in [-0.05, 0) is 30.7 Å². The van der Waals surface area contributed by atoms with E-state index in [0.717, 1.165) is 19.3 Å². The van der Waals surface area contributed by atoms with E-state index < -0.39 is 0 Å². The topological polar surface area (TPSA) is 84.2 Å². The predicted molar refractivity (Wildman–Crippen MR) is 86.0 cm³/mol. The number of carbonyl (C=O) groups excluding carboxylic acids is 2. The maximum absolute atomic E-state index is 12.1. The predicted octanol–water partition coefficient (Wildman–Crippen LogP) is 2.52. The zero-order valence-electron chi connectivity index (χ0n) is 13.2. The number of nitrogens with zero attached hydrogens (tertiary/aromatic N) is 1. The van der Waals surface area contributed by atoms with Crippen molar-refractivity contribution < 1.29 is 14.0 Å². The molecule has 2 aromatic heterocycles. The molecule has 0 aliphatic carbocycles. The van der Waals surface area contributed by atoms with E-state index in [1.54, 1.807) is 24.5 Å². The molecule has 0 bridgehead atoms. The van der Waals surface area contributed by atoms with Crippen molar-refractivity contribution in [3.8, 4) is 0 Å². The number of unbranched alkanes of at least 4 members (excludes halogenated alkanes) is 2. The standard InChI is InChI=1S/C17H21N3O3/c1-2-3-4-8-19-17(22)15-11-13(7-9-18-15)16(21)20-12-14-6-5-10-23-14/h5-7,9-11H,2-4,8,12H2,1H3,(H,19,22)(H,20,21). The molecule has 0 saturated carbocycles. The third kappa shape index (κ3) is 5.25. The van der Waals surface area contributed by atoms with Gasteiger partial charge in [-0.1, -0.05) is 19.8 Å². The third-order valence-corrected chi connectivity index (χ3v) is 3.32. The Labute approximate surface area is 135 Å². The molecule has 0 saturated heterocycles. The Kier molecular flexibility index (Phi) is 6.35. The Morgan fingerprint density at radius 2 is 2.04 bits per heavy atom. The van der Waals surface area contributed by atoms with Crippen molar-refractivity contribution in [3.05, 3.63) is 53.7 Å². The second-order valence-electron chi connectivity index (χ2n) is 5.15. The number of furan rings is 1. The van der Waals surface area contributed by atoms with Crippen molar-refractivity contribution in [2.45, 2.75) is 32.7 Å². The van der Waals surface area contributed by atoms with Gasteiger partial charge in [0.2, 0.25) is 0 Å². The molecular formula is C17H21N3O3. The summed E-state index contributed by atoms with van der Waals surface area (Å²) in [6.07, 6.45) is 6.12. The number of hydrogen-bond donors (Lipinski definition) is 2. The smallest absolute Gasteiger partial charge is 0.269 e. The first-order chi connectivity index (χ1) is 11.2. The molecule has 2 rings (SSSR count). The van der Waals surface area contributed by atoms with Gasteiger partial charge in [-0.25, -0.2) is 0 Å². The molecule has 2 amide bonds. The van der Waals surface area contributed by atoms with Crippen molar-refractivity contribution in [2.24, 2.45) is 0 Å². The molecule has 0 aliphatic heterocycles. The summed E-state index contributed by atoms with van der Waals surface area (Å²) in [5.74, 6) is 0.131. The fourth-order valence-corrected chi connectivity index (χ4v) is 2.05. The maximum atomic E-state index is 12.1. The van der Waals surface area contributed by atoms with Gasteiger partial charge in [0, 0.05) is 18.3 Å². The zero-order valence-corrected chi connectivity index (χ0v) is 13.2. The van der Waals surface area contributed by atoms with Crippen molar-refractivity contribution in [3.63, 3.8) is 0 Å². The average molecular weight is 315 g/mol. The van der Waals surface area contributed by atoms with Crippen LogP contribution in [0.2, 0.25) is 0 Å². The number of hydrogen-bond acceptors (Lipinski definition) is 4. The van der Waals surface area contributed by atoms with Crippen LogP contribution in [0.25, 0.3) is 0 Å². The molecule has 6 heteroatoms. The summed E-state index contributed by atoms with van der Waals surface area (Å²) in [6.45, 7) is 3.02. The van der Waals surface area contributed by atoms with Crippen LogP contribution in [0, 0.1) is 0 Å². The Bertz CT molecular complexity index is 638. The summed E-state index contributed by atoms with van der Waals surface area (Å²) < 4.78 is 5.15. The van der Waals surface area contributed by atoms with Crippen LogP contribution in [0.15, 0.2) is 41.1 Å². The van der Waals surface area contributed by atoms with Gasteiger partial charge >= 0.3 is 0 Å². The van der Waals surface area contributed by atoms with Gasteiger partial charge in [-0.3, -0.25) is 14.6 Å². The molecule has 0 atom stereocenters. The first-order valence-electron chi connectivity index (χ1n) is 7.75. The SMILES string of the molecule is CCCCCNC(=O)c1cc(C(=O)NCc2ccco2)ccn1. The average Bonchev–Trinajstić information content (AvgIpc) is 3.10. The Balaban J connectivity index is 1.90. The van der Waals surface area contributed by atoms with E-state index in [1.165, 1.54) is 12.3 Å². The minimum Gasteiger partial charge on any atom is -0.467 e. The molecule has 2 heterocycles. The van der Waals surface area contributed by atoms with Crippen molar-refractivity contribution >= 4 is 11.8 Å². The van der Waals surface area contributed by atoms with Gasteiger partial charge in [-0.15, -0.1) is 0 Å². The lowest BCUT2D eigenvalue weighted by atomic mass is 10.2. The molecule has 122 valence electrons. The molecule has 0 aliphatic rings. The highest BCUT2D eigenvalue weighted by Crippen LogP contribution is 2.04. The van der Waals surface area contributed by atoms with Gasteiger partial charge in [0.25, 0.3) is 11.8 Å². The number of aromatic nitrogens is 1. The normalized spacial score (nSPS) is 10.3. The molecule has 0 spiro atoms. The van der Waals surface area contributed by atoms with E-state index in [2.05, 4.69) is 22.5 Å². The summed E-state index contributed by atoms with van der Waals surface area (Å²) in [4.78, 5) is 28.1. The van der Waals surface area contributed by atoms with E-state index in [4.69, 9.17) is 4.42 Å². The highest BCUT2D eigenvalue weighted by atomic mass is 16.3. The van der Waals surface area contributed by atoms with Crippen LogP contribution in [0.4, 0.5) is 0 Å². The largest absolute Gasteiger partial charge is 0.467 e. The molecule has 2 aromatic rings. The molecule has 2 N–H and O–H groups in total. The lowest BCUT2D eigenvalue weighted by molar-refractivity contribution is 0.0947.